The highest BCUT2D eigenvalue weighted by Crippen LogP contribution is 2.42. The molecule has 1 atom stereocenters. The number of aromatic nitrogens is 2. The van der Waals surface area contributed by atoms with Crippen molar-refractivity contribution in [3.63, 3.8) is 0 Å². The molecule has 0 saturated heterocycles. The summed E-state index contributed by atoms with van der Waals surface area (Å²) in [6, 6.07) is 1.90. The lowest BCUT2D eigenvalue weighted by Crippen LogP contribution is -2.42. The second-order valence-corrected chi connectivity index (χ2v) is 5.43. The molecule has 1 fully saturated rings. The molecular formula is C14H24N2O2. The van der Waals surface area contributed by atoms with Crippen molar-refractivity contribution < 1.29 is 9.84 Å². The monoisotopic (exact) mass is 252 g/mol. The summed E-state index contributed by atoms with van der Waals surface area (Å²) in [5.41, 5.74) is 0.438. The number of nitrogens with zero attached hydrogens (tertiary/aromatic N) is 2. The molecule has 0 bridgehead atoms. The SMILES string of the molecule is CCn1nccc1C(O)C1(OC)CCC(C)CC1. The number of ether oxygens (including phenoxy) is 1. The van der Waals surface area contributed by atoms with Crippen LogP contribution >= 0.6 is 0 Å². The molecule has 1 aliphatic carbocycles. The maximum atomic E-state index is 10.7. The lowest BCUT2D eigenvalue weighted by molar-refractivity contribution is -0.133. The smallest absolute Gasteiger partial charge is 0.124 e. The van der Waals surface area contributed by atoms with Crippen LogP contribution in [0.25, 0.3) is 0 Å². The Kier molecular flexibility index (Phi) is 4.07. The van der Waals surface area contributed by atoms with Gasteiger partial charge in [-0.25, -0.2) is 0 Å². The van der Waals surface area contributed by atoms with E-state index in [2.05, 4.69) is 12.0 Å². The second kappa shape index (κ2) is 5.41. The Morgan fingerprint density at radius 3 is 2.78 bits per heavy atom. The van der Waals surface area contributed by atoms with Gasteiger partial charge in [0.2, 0.25) is 0 Å². The van der Waals surface area contributed by atoms with Gasteiger partial charge in [-0.2, -0.15) is 5.10 Å². The summed E-state index contributed by atoms with van der Waals surface area (Å²) in [6.45, 7) is 5.07. The fourth-order valence-electron chi connectivity index (χ4n) is 2.95. The number of aliphatic hydroxyl groups excluding tert-OH is 1. The molecular weight excluding hydrogens is 228 g/mol. The van der Waals surface area contributed by atoms with Gasteiger partial charge in [0.15, 0.2) is 0 Å². The molecule has 18 heavy (non-hydrogen) atoms. The summed E-state index contributed by atoms with van der Waals surface area (Å²) in [6.07, 6.45) is 5.23. The quantitative estimate of drug-likeness (QED) is 0.895. The molecule has 0 spiro atoms. The van der Waals surface area contributed by atoms with Gasteiger partial charge in [0.1, 0.15) is 6.10 Å². The van der Waals surface area contributed by atoms with Crippen LogP contribution in [0.4, 0.5) is 0 Å². The third-order valence-electron chi connectivity index (χ3n) is 4.35. The summed E-state index contributed by atoms with van der Waals surface area (Å²) in [5.74, 6) is 0.733. The minimum Gasteiger partial charge on any atom is -0.384 e. The summed E-state index contributed by atoms with van der Waals surface area (Å²) < 4.78 is 7.57. The van der Waals surface area contributed by atoms with E-state index in [0.29, 0.717) is 0 Å². The molecule has 0 aromatic carbocycles. The highest BCUT2D eigenvalue weighted by molar-refractivity contribution is 5.11. The van der Waals surface area contributed by atoms with Gasteiger partial charge >= 0.3 is 0 Å². The van der Waals surface area contributed by atoms with E-state index in [-0.39, 0.29) is 0 Å². The standard InChI is InChI=1S/C14H24N2O2/c1-4-16-12(7-10-15-16)13(17)14(18-3)8-5-11(2)6-9-14/h7,10-11,13,17H,4-6,8-9H2,1-3H3. The Balaban J connectivity index is 2.22. The molecule has 1 aromatic rings. The Bertz CT molecular complexity index is 381. The predicted molar refractivity (Wildman–Crippen MR) is 70.2 cm³/mol. The van der Waals surface area contributed by atoms with Crippen LogP contribution in [-0.4, -0.2) is 27.6 Å². The van der Waals surface area contributed by atoms with Crippen molar-refractivity contribution in [2.45, 2.75) is 57.8 Å². The highest BCUT2D eigenvalue weighted by atomic mass is 16.5. The van der Waals surface area contributed by atoms with E-state index in [1.165, 1.54) is 0 Å². The molecule has 102 valence electrons. The largest absolute Gasteiger partial charge is 0.384 e. The first-order valence-corrected chi connectivity index (χ1v) is 6.88. The first-order valence-electron chi connectivity index (χ1n) is 6.88. The highest BCUT2D eigenvalue weighted by Gasteiger charge is 2.42. The average molecular weight is 252 g/mol. The number of methoxy groups -OCH3 is 1. The lowest BCUT2D eigenvalue weighted by Gasteiger charge is -2.41. The van der Waals surface area contributed by atoms with Gasteiger partial charge in [-0.15, -0.1) is 0 Å². The van der Waals surface area contributed by atoms with E-state index in [4.69, 9.17) is 4.74 Å². The van der Waals surface area contributed by atoms with Crippen molar-refractivity contribution in [3.8, 4) is 0 Å². The maximum Gasteiger partial charge on any atom is 0.124 e. The van der Waals surface area contributed by atoms with E-state index >= 15 is 0 Å². The molecule has 1 aromatic heterocycles. The van der Waals surface area contributed by atoms with Crippen LogP contribution in [0.2, 0.25) is 0 Å². The third kappa shape index (κ3) is 2.31. The summed E-state index contributed by atoms with van der Waals surface area (Å²) >= 11 is 0. The van der Waals surface area contributed by atoms with Gasteiger partial charge in [-0.05, 0) is 44.6 Å². The van der Waals surface area contributed by atoms with Crippen LogP contribution in [0.1, 0.15) is 51.3 Å². The molecule has 0 amide bonds. The van der Waals surface area contributed by atoms with E-state index in [1.807, 2.05) is 17.7 Å². The first-order chi connectivity index (χ1) is 8.63. The first kappa shape index (κ1) is 13.6. The topological polar surface area (TPSA) is 47.3 Å². The molecule has 0 aliphatic heterocycles. The Morgan fingerprint density at radius 1 is 1.56 bits per heavy atom. The lowest BCUT2D eigenvalue weighted by atomic mass is 9.75. The van der Waals surface area contributed by atoms with Crippen LogP contribution in [0.3, 0.4) is 0 Å². The van der Waals surface area contributed by atoms with E-state index in [9.17, 15) is 5.11 Å². The molecule has 1 heterocycles. The average Bonchev–Trinajstić information content (AvgIpc) is 2.87. The molecule has 4 nitrogen and oxygen atoms in total. The van der Waals surface area contributed by atoms with Crippen molar-refractivity contribution in [3.05, 3.63) is 18.0 Å². The number of hydrogen-bond acceptors (Lipinski definition) is 3. The minimum absolute atomic E-state index is 0.431. The van der Waals surface area contributed by atoms with Crippen LogP contribution in [0.5, 0.6) is 0 Å². The van der Waals surface area contributed by atoms with Crippen LogP contribution in [0, 0.1) is 5.92 Å². The Labute approximate surface area is 109 Å². The number of rotatable bonds is 4. The zero-order chi connectivity index (χ0) is 13.2. The molecule has 1 unspecified atom stereocenters. The number of aliphatic hydroxyl groups is 1. The number of hydrogen-bond donors (Lipinski definition) is 1. The van der Waals surface area contributed by atoms with Crippen LogP contribution in [-0.2, 0) is 11.3 Å². The maximum absolute atomic E-state index is 10.7. The van der Waals surface area contributed by atoms with Gasteiger partial charge in [0, 0.05) is 19.9 Å². The number of aryl methyl sites for hydroxylation is 1. The molecule has 1 aliphatic rings. The molecule has 1 saturated carbocycles. The Morgan fingerprint density at radius 2 is 2.22 bits per heavy atom. The molecule has 4 heteroatoms. The third-order valence-corrected chi connectivity index (χ3v) is 4.35. The van der Waals surface area contributed by atoms with Gasteiger partial charge in [-0.3, -0.25) is 4.68 Å². The van der Waals surface area contributed by atoms with Crippen molar-refractivity contribution in [1.29, 1.82) is 0 Å². The van der Waals surface area contributed by atoms with Gasteiger partial charge in [-0.1, -0.05) is 6.92 Å². The summed E-state index contributed by atoms with van der Waals surface area (Å²) in [5, 5.41) is 14.9. The zero-order valence-corrected chi connectivity index (χ0v) is 11.6. The van der Waals surface area contributed by atoms with E-state index in [0.717, 1.165) is 43.8 Å². The van der Waals surface area contributed by atoms with Crippen molar-refractivity contribution in [2.24, 2.45) is 5.92 Å². The molecule has 1 N–H and O–H groups in total. The van der Waals surface area contributed by atoms with Crippen LogP contribution < -0.4 is 0 Å². The fraction of sp³-hybridized carbons (Fsp3) is 0.786. The van der Waals surface area contributed by atoms with Crippen molar-refractivity contribution >= 4 is 0 Å². The predicted octanol–water partition coefficient (Wildman–Crippen LogP) is 2.53. The van der Waals surface area contributed by atoms with E-state index in [1.54, 1.807) is 13.3 Å². The van der Waals surface area contributed by atoms with Crippen molar-refractivity contribution in [1.82, 2.24) is 9.78 Å². The normalized spacial score (nSPS) is 30.3. The fourth-order valence-corrected chi connectivity index (χ4v) is 2.95. The Hall–Kier alpha value is -0.870. The van der Waals surface area contributed by atoms with Gasteiger partial charge < -0.3 is 9.84 Å². The molecule has 2 rings (SSSR count). The van der Waals surface area contributed by atoms with E-state index < -0.39 is 11.7 Å². The van der Waals surface area contributed by atoms with Gasteiger partial charge in [0.25, 0.3) is 0 Å². The van der Waals surface area contributed by atoms with Crippen LogP contribution in [0.15, 0.2) is 12.3 Å². The molecule has 0 radical (unpaired) electrons. The second-order valence-electron chi connectivity index (χ2n) is 5.43. The zero-order valence-electron chi connectivity index (χ0n) is 11.6. The minimum atomic E-state index is -0.586. The summed E-state index contributed by atoms with van der Waals surface area (Å²) in [7, 11) is 1.71. The van der Waals surface area contributed by atoms with Gasteiger partial charge in [0.05, 0.1) is 11.3 Å². The summed E-state index contributed by atoms with van der Waals surface area (Å²) in [4.78, 5) is 0. The van der Waals surface area contributed by atoms with Crippen molar-refractivity contribution in [2.75, 3.05) is 7.11 Å².